The van der Waals surface area contributed by atoms with Gasteiger partial charge in [0, 0.05) is 24.5 Å². The third-order valence-corrected chi connectivity index (χ3v) is 5.40. The molecular formula is C16H29N3S. The number of nitrogens with zero attached hydrogens (tertiary/aromatic N) is 2. The molecule has 1 heterocycles. The van der Waals surface area contributed by atoms with Gasteiger partial charge in [-0.05, 0) is 25.8 Å². The SMILES string of the molecule is CCCc1nc(N(C)C2CCCCC2)sc1CNCC. The lowest BCUT2D eigenvalue weighted by Gasteiger charge is -2.30. The van der Waals surface area contributed by atoms with E-state index in [1.54, 1.807) is 0 Å². The van der Waals surface area contributed by atoms with Gasteiger partial charge >= 0.3 is 0 Å². The van der Waals surface area contributed by atoms with Crippen LogP contribution in [0.4, 0.5) is 5.13 Å². The number of anilines is 1. The monoisotopic (exact) mass is 295 g/mol. The second-order valence-electron chi connectivity index (χ2n) is 5.80. The molecule has 20 heavy (non-hydrogen) atoms. The van der Waals surface area contributed by atoms with Crippen molar-refractivity contribution in [2.24, 2.45) is 0 Å². The highest BCUT2D eigenvalue weighted by molar-refractivity contribution is 7.15. The van der Waals surface area contributed by atoms with Crippen LogP contribution in [0.25, 0.3) is 0 Å². The standard InChI is InChI=1S/C16H29N3S/c1-4-9-14-15(12-17-5-2)20-16(18-14)19(3)13-10-7-6-8-11-13/h13,17H,4-12H2,1-3H3. The van der Waals surface area contributed by atoms with Gasteiger partial charge in [-0.25, -0.2) is 4.98 Å². The Morgan fingerprint density at radius 2 is 2.00 bits per heavy atom. The first-order valence-electron chi connectivity index (χ1n) is 8.18. The van der Waals surface area contributed by atoms with E-state index in [2.05, 4.69) is 31.1 Å². The lowest BCUT2D eigenvalue weighted by molar-refractivity contribution is 0.427. The van der Waals surface area contributed by atoms with E-state index in [4.69, 9.17) is 4.98 Å². The molecule has 1 N–H and O–H groups in total. The van der Waals surface area contributed by atoms with Crippen LogP contribution in [0.2, 0.25) is 0 Å². The van der Waals surface area contributed by atoms with Crippen LogP contribution in [0, 0.1) is 0 Å². The molecule has 1 aromatic rings. The van der Waals surface area contributed by atoms with Crippen LogP contribution in [0.5, 0.6) is 0 Å². The van der Waals surface area contributed by atoms with E-state index in [0.29, 0.717) is 6.04 Å². The summed E-state index contributed by atoms with van der Waals surface area (Å²) in [6.07, 6.45) is 9.13. The summed E-state index contributed by atoms with van der Waals surface area (Å²) in [5, 5.41) is 4.68. The highest BCUT2D eigenvalue weighted by Crippen LogP contribution is 2.31. The first-order chi connectivity index (χ1) is 9.76. The molecule has 0 atom stereocenters. The molecule has 0 spiro atoms. The van der Waals surface area contributed by atoms with Gasteiger partial charge in [0.25, 0.3) is 0 Å². The Kier molecular flexibility index (Phi) is 6.30. The Morgan fingerprint density at radius 3 is 2.65 bits per heavy atom. The summed E-state index contributed by atoms with van der Waals surface area (Å²) in [5.74, 6) is 0. The zero-order valence-corrected chi connectivity index (χ0v) is 14.1. The van der Waals surface area contributed by atoms with E-state index in [-0.39, 0.29) is 0 Å². The average molecular weight is 295 g/mol. The molecular weight excluding hydrogens is 266 g/mol. The van der Waals surface area contributed by atoms with Crippen molar-refractivity contribution in [3.63, 3.8) is 0 Å². The summed E-state index contributed by atoms with van der Waals surface area (Å²) < 4.78 is 0. The Balaban J connectivity index is 2.09. The van der Waals surface area contributed by atoms with Gasteiger partial charge in [0.1, 0.15) is 0 Å². The molecule has 1 aromatic heterocycles. The molecule has 0 saturated heterocycles. The molecule has 0 unspecified atom stereocenters. The van der Waals surface area contributed by atoms with Crippen molar-refractivity contribution >= 4 is 16.5 Å². The summed E-state index contributed by atoms with van der Waals surface area (Å²) in [4.78, 5) is 8.81. The molecule has 0 radical (unpaired) electrons. The van der Waals surface area contributed by atoms with Crippen molar-refractivity contribution in [1.82, 2.24) is 10.3 Å². The number of aromatic nitrogens is 1. The van der Waals surface area contributed by atoms with E-state index in [0.717, 1.165) is 19.5 Å². The maximum Gasteiger partial charge on any atom is 0.185 e. The van der Waals surface area contributed by atoms with E-state index >= 15 is 0 Å². The summed E-state index contributed by atoms with van der Waals surface area (Å²) in [7, 11) is 2.24. The summed E-state index contributed by atoms with van der Waals surface area (Å²) >= 11 is 1.89. The predicted octanol–water partition coefficient (Wildman–Crippen LogP) is 3.97. The van der Waals surface area contributed by atoms with Crippen molar-refractivity contribution in [2.45, 2.75) is 71.4 Å². The summed E-state index contributed by atoms with van der Waals surface area (Å²) in [6, 6.07) is 0.705. The van der Waals surface area contributed by atoms with Crippen LogP contribution in [0.3, 0.4) is 0 Å². The molecule has 1 aliphatic carbocycles. The van der Waals surface area contributed by atoms with Crippen LogP contribution < -0.4 is 10.2 Å². The fourth-order valence-electron chi connectivity index (χ4n) is 2.95. The van der Waals surface area contributed by atoms with Gasteiger partial charge in [-0.3, -0.25) is 0 Å². The minimum absolute atomic E-state index is 0.705. The maximum absolute atomic E-state index is 4.93. The minimum atomic E-state index is 0.705. The van der Waals surface area contributed by atoms with Crippen LogP contribution in [-0.4, -0.2) is 24.6 Å². The maximum atomic E-state index is 4.93. The van der Waals surface area contributed by atoms with Gasteiger partial charge in [-0.1, -0.05) is 39.5 Å². The largest absolute Gasteiger partial charge is 0.348 e. The molecule has 1 aliphatic rings. The third kappa shape index (κ3) is 3.95. The normalized spacial score (nSPS) is 16.6. The van der Waals surface area contributed by atoms with Crippen LogP contribution in [0.15, 0.2) is 0 Å². The molecule has 114 valence electrons. The summed E-state index contributed by atoms with van der Waals surface area (Å²) in [6.45, 7) is 6.40. The topological polar surface area (TPSA) is 28.2 Å². The van der Waals surface area contributed by atoms with E-state index in [1.165, 1.54) is 54.2 Å². The molecule has 1 fully saturated rings. The highest BCUT2D eigenvalue weighted by atomic mass is 32.1. The van der Waals surface area contributed by atoms with Gasteiger partial charge < -0.3 is 10.2 Å². The third-order valence-electron chi connectivity index (χ3n) is 4.21. The lowest BCUT2D eigenvalue weighted by atomic mass is 9.95. The molecule has 2 rings (SSSR count). The predicted molar refractivity (Wildman–Crippen MR) is 88.8 cm³/mol. The molecule has 0 amide bonds. The number of nitrogens with one attached hydrogen (secondary N) is 1. The van der Waals surface area contributed by atoms with Crippen LogP contribution in [-0.2, 0) is 13.0 Å². The van der Waals surface area contributed by atoms with E-state index in [1.807, 2.05) is 11.3 Å². The van der Waals surface area contributed by atoms with Gasteiger partial charge in [0.05, 0.1) is 5.69 Å². The highest BCUT2D eigenvalue weighted by Gasteiger charge is 2.21. The quantitative estimate of drug-likeness (QED) is 0.825. The smallest absolute Gasteiger partial charge is 0.185 e. The second-order valence-corrected chi connectivity index (χ2v) is 6.86. The molecule has 0 bridgehead atoms. The second kappa shape index (κ2) is 7.99. The number of thiazole rings is 1. The van der Waals surface area contributed by atoms with E-state index < -0.39 is 0 Å². The van der Waals surface area contributed by atoms with Crippen LogP contribution in [0.1, 0.15) is 62.9 Å². The van der Waals surface area contributed by atoms with Crippen molar-refractivity contribution in [1.29, 1.82) is 0 Å². The first kappa shape index (κ1) is 15.8. The van der Waals surface area contributed by atoms with Gasteiger partial charge in [-0.2, -0.15) is 0 Å². The Hall–Kier alpha value is -0.610. The first-order valence-corrected chi connectivity index (χ1v) is 9.00. The lowest BCUT2D eigenvalue weighted by Crippen LogP contribution is -2.33. The van der Waals surface area contributed by atoms with Crippen molar-refractivity contribution in [2.75, 3.05) is 18.5 Å². The number of rotatable bonds is 7. The number of hydrogen-bond acceptors (Lipinski definition) is 4. The minimum Gasteiger partial charge on any atom is -0.348 e. The van der Waals surface area contributed by atoms with Crippen molar-refractivity contribution in [3.8, 4) is 0 Å². The molecule has 0 aromatic carbocycles. The Bertz CT molecular complexity index is 396. The van der Waals surface area contributed by atoms with Crippen LogP contribution >= 0.6 is 11.3 Å². The van der Waals surface area contributed by atoms with Gasteiger partial charge in [0.2, 0.25) is 0 Å². The number of hydrogen-bond donors (Lipinski definition) is 1. The van der Waals surface area contributed by atoms with Gasteiger partial charge in [-0.15, -0.1) is 11.3 Å². The zero-order valence-electron chi connectivity index (χ0n) is 13.2. The fourth-order valence-corrected chi connectivity index (χ4v) is 4.06. The zero-order chi connectivity index (χ0) is 14.4. The molecule has 1 saturated carbocycles. The molecule has 4 heteroatoms. The van der Waals surface area contributed by atoms with Gasteiger partial charge in [0.15, 0.2) is 5.13 Å². The van der Waals surface area contributed by atoms with Crippen molar-refractivity contribution < 1.29 is 0 Å². The fraction of sp³-hybridized carbons (Fsp3) is 0.812. The molecule has 0 aliphatic heterocycles. The van der Waals surface area contributed by atoms with Crippen molar-refractivity contribution in [3.05, 3.63) is 10.6 Å². The Morgan fingerprint density at radius 1 is 1.25 bits per heavy atom. The average Bonchev–Trinajstić information content (AvgIpc) is 2.89. The molecule has 3 nitrogen and oxygen atoms in total. The van der Waals surface area contributed by atoms with E-state index in [9.17, 15) is 0 Å². The Labute approximate surface area is 127 Å². The number of aryl methyl sites for hydroxylation is 1. The summed E-state index contributed by atoms with van der Waals surface area (Å²) in [5.41, 5.74) is 1.32.